The SMILES string of the molecule is NC(c1ccnnc1)c1cccc2ccsc12. The minimum atomic E-state index is -0.146. The van der Waals surface area contributed by atoms with Crippen LogP contribution in [0.5, 0.6) is 0 Å². The van der Waals surface area contributed by atoms with Crippen molar-refractivity contribution in [2.45, 2.75) is 6.04 Å². The molecule has 0 saturated carbocycles. The second kappa shape index (κ2) is 4.24. The highest BCUT2D eigenvalue weighted by atomic mass is 32.1. The number of hydrogen-bond donors (Lipinski definition) is 1. The molecule has 17 heavy (non-hydrogen) atoms. The third-order valence-electron chi connectivity index (χ3n) is 2.81. The van der Waals surface area contributed by atoms with Gasteiger partial charge in [0.15, 0.2) is 0 Å². The highest BCUT2D eigenvalue weighted by Crippen LogP contribution is 2.30. The second-order valence-electron chi connectivity index (χ2n) is 3.84. The standard InChI is InChI=1S/C13H11N3S/c14-12(10-4-6-15-16-8-10)11-3-1-2-9-5-7-17-13(9)11/h1-8,12H,14H2. The van der Waals surface area contributed by atoms with E-state index in [0.717, 1.165) is 11.1 Å². The number of nitrogens with two attached hydrogens (primary N) is 1. The summed E-state index contributed by atoms with van der Waals surface area (Å²) in [5, 5.41) is 11.0. The van der Waals surface area contributed by atoms with Gasteiger partial charge in [0.25, 0.3) is 0 Å². The first-order chi connectivity index (χ1) is 8.36. The van der Waals surface area contributed by atoms with Crippen molar-refractivity contribution in [1.29, 1.82) is 0 Å². The van der Waals surface area contributed by atoms with E-state index in [1.54, 1.807) is 23.7 Å². The molecule has 3 rings (SSSR count). The molecule has 0 radical (unpaired) electrons. The molecule has 0 saturated heterocycles. The van der Waals surface area contributed by atoms with Crippen molar-refractivity contribution in [3.05, 3.63) is 59.2 Å². The van der Waals surface area contributed by atoms with Crippen LogP contribution in [0.4, 0.5) is 0 Å². The summed E-state index contributed by atoms with van der Waals surface area (Å²) in [5.41, 5.74) is 8.41. The minimum absolute atomic E-state index is 0.146. The predicted octanol–water partition coefficient (Wildman–Crippen LogP) is 2.74. The van der Waals surface area contributed by atoms with E-state index in [0.29, 0.717) is 0 Å². The van der Waals surface area contributed by atoms with Crippen molar-refractivity contribution < 1.29 is 0 Å². The molecule has 0 bridgehead atoms. The summed E-state index contributed by atoms with van der Waals surface area (Å²) < 4.78 is 1.25. The highest BCUT2D eigenvalue weighted by Gasteiger charge is 2.12. The summed E-state index contributed by atoms with van der Waals surface area (Å²) in [5.74, 6) is 0. The minimum Gasteiger partial charge on any atom is -0.320 e. The van der Waals surface area contributed by atoms with Crippen LogP contribution >= 0.6 is 11.3 Å². The molecule has 2 aromatic heterocycles. The van der Waals surface area contributed by atoms with E-state index in [2.05, 4.69) is 33.8 Å². The number of nitrogens with zero attached hydrogens (tertiary/aromatic N) is 2. The predicted molar refractivity (Wildman–Crippen MR) is 69.9 cm³/mol. The van der Waals surface area contributed by atoms with Gasteiger partial charge in [0.05, 0.1) is 12.2 Å². The molecule has 0 spiro atoms. The molecule has 1 unspecified atom stereocenters. The first-order valence-electron chi connectivity index (χ1n) is 5.34. The maximum absolute atomic E-state index is 6.28. The van der Waals surface area contributed by atoms with E-state index in [4.69, 9.17) is 5.73 Å². The summed E-state index contributed by atoms with van der Waals surface area (Å²) in [6.45, 7) is 0. The molecule has 3 aromatic rings. The molecule has 84 valence electrons. The fourth-order valence-electron chi connectivity index (χ4n) is 1.93. The van der Waals surface area contributed by atoms with Gasteiger partial charge < -0.3 is 5.73 Å². The Morgan fingerprint density at radius 2 is 2.06 bits per heavy atom. The average molecular weight is 241 g/mol. The molecule has 1 atom stereocenters. The Bertz CT molecular complexity index is 633. The normalized spacial score (nSPS) is 12.8. The third-order valence-corrected chi connectivity index (χ3v) is 3.79. The molecule has 0 amide bonds. The molecular formula is C13H11N3S. The molecule has 2 N–H and O–H groups in total. The number of rotatable bonds is 2. The van der Waals surface area contributed by atoms with Crippen LogP contribution in [0.15, 0.2) is 48.1 Å². The molecule has 2 heterocycles. The lowest BCUT2D eigenvalue weighted by atomic mass is 10.0. The zero-order valence-electron chi connectivity index (χ0n) is 9.08. The van der Waals surface area contributed by atoms with Crippen molar-refractivity contribution in [3.8, 4) is 0 Å². The van der Waals surface area contributed by atoms with E-state index >= 15 is 0 Å². The lowest BCUT2D eigenvalue weighted by Gasteiger charge is -2.12. The van der Waals surface area contributed by atoms with Crippen LogP contribution in [-0.4, -0.2) is 10.2 Å². The van der Waals surface area contributed by atoms with E-state index < -0.39 is 0 Å². The Kier molecular flexibility index (Phi) is 2.59. The van der Waals surface area contributed by atoms with Gasteiger partial charge >= 0.3 is 0 Å². The van der Waals surface area contributed by atoms with Gasteiger partial charge in [0.2, 0.25) is 0 Å². The largest absolute Gasteiger partial charge is 0.320 e. The van der Waals surface area contributed by atoms with Crippen LogP contribution in [-0.2, 0) is 0 Å². The number of benzene rings is 1. The lowest BCUT2D eigenvalue weighted by molar-refractivity contribution is 0.854. The molecule has 0 aliphatic rings. The van der Waals surface area contributed by atoms with Gasteiger partial charge in [-0.25, -0.2) is 0 Å². The first-order valence-corrected chi connectivity index (χ1v) is 6.22. The van der Waals surface area contributed by atoms with Crippen LogP contribution < -0.4 is 5.73 Å². The Hall–Kier alpha value is -1.78. The molecule has 3 nitrogen and oxygen atoms in total. The topological polar surface area (TPSA) is 51.8 Å². The van der Waals surface area contributed by atoms with Crippen molar-refractivity contribution in [1.82, 2.24) is 10.2 Å². The monoisotopic (exact) mass is 241 g/mol. The fraction of sp³-hybridized carbons (Fsp3) is 0.0769. The number of aromatic nitrogens is 2. The van der Waals surface area contributed by atoms with E-state index in [9.17, 15) is 0 Å². The average Bonchev–Trinajstić information content (AvgIpc) is 2.87. The van der Waals surface area contributed by atoms with Crippen LogP contribution in [0.25, 0.3) is 10.1 Å². The maximum atomic E-state index is 6.28. The summed E-state index contributed by atoms with van der Waals surface area (Å²) >= 11 is 1.72. The number of fused-ring (bicyclic) bond motifs is 1. The third kappa shape index (κ3) is 1.81. The van der Waals surface area contributed by atoms with Crippen LogP contribution in [0.3, 0.4) is 0 Å². The molecule has 0 aliphatic heterocycles. The fourth-order valence-corrected chi connectivity index (χ4v) is 2.88. The van der Waals surface area contributed by atoms with Gasteiger partial charge in [0.1, 0.15) is 0 Å². The van der Waals surface area contributed by atoms with Gasteiger partial charge in [0, 0.05) is 10.9 Å². The summed E-state index contributed by atoms with van der Waals surface area (Å²) in [6, 6.07) is 10.1. The molecule has 4 heteroatoms. The Labute approximate surface area is 103 Å². The molecular weight excluding hydrogens is 230 g/mol. The summed E-state index contributed by atoms with van der Waals surface area (Å²) in [6.07, 6.45) is 3.39. The summed E-state index contributed by atoms with van der Waals surface area (Å²) in [4.78, 5) is 0. The van der Waals surface area contributed by atoms with Crippen molar-refractivity contribution in [2.75, 3.05) is 0 Å². The highest BCUT2D eigenvalue weighted by molar-refractivity contribution is 7.17. The molecule has 1 aromatic carbocycles. The zero-order valence-corrected chi connectivity index (χ0v) is 9.89. The van der Waals surface area contributed by atoms with E-state index in [1.807, 2.05) is 12.1 Å². The van der Waals surface area contributed by atoms with Gasteiger partial charge in [-0.2, -0.15) is 10.2 Å². The number of thiophene rings is 1. The first kappa shape index (κ1) is 10.4. The lowest BCUT2D eigenvalue weighted by Crippen LogP contribution is -2.12. The van der Waals surface area contributed by atoms with Crippen molar-refractivity contribution in [3.63, 3.8) is 0 Å². The Morgan fingerprint density at radius 3 is 2.88 bits per heavy atom. The van der Waals surface area contributed by atoms with Crippen LogP contribution in [0, 0.1) is 0 Å². The Morgan fingerprint density at radius 1 is 1.12 bits per heavy atom. The van der Waals surface area contributed by atoms with Gasteiger partial charge in [-0.05, 0) is 34.0 Å². The van der Waals surface area contributed by atoms with E-state index in [1.165, 1.54) is 10.1 Å². The van der Waals surface area contributed by atoms with Gasteiger partial charge in [-0.1, -0.05) is 18.2 Å². The Balaban J connectivity index is 2.13. The van der Waals surface area contributed by atoms with Gasteiger partial charge in [-0.15, -0.1) is 11.3 Å². The zero-order chi connectivity index (χ0) is 11.7. The second-order valence-corrected chi connectivity index (χ2v) is 4.76. The van der Waals surface area contributed by atoms with Crippen LogP contribution in [0.2, 0.25) is 0 Å². The smallest absolute Gasteiger partial charge is 0.0582 e. The van der Waals surface area contributed by atoms with Crippen LogP contribution in [0.1, 0.15) is 17.2 Å². The maximum Gasteiger partial charge on any atom is 0.0582 e. The van der Waals surface area contributed by atoms with E-state index in [-0.39, 0.29) is 6.04 Å². The number of hydrogen-bond acceptors (Lipinski definition) is 4. The molecule has 0 aliphatic carbocycles. The molecule has 0 fully saturated rings. The summed E-state index contributed by atoms with van der Waals surface area (Å²) in [7, 11) is 0. The van der Waals surface area contributed by atoms with Gasteiger partial charge in [-0.3, -0.25) is 0 Å². The van der Waals surface area contributed by atoms with Crippen molar-refractivity contribution >= 4 is 21.4 Å². The van der Waals surface area contributed by atoms with Crippen molar-refractivity contribution in [2.24, 2.45) is 5.73 Å². The quantitative estimate of drug-likeness (QED) is 0.750.